The molecule has 136 valence electrons. The number of hydrogen-bond donors (Lipinski definition) is 0. The van der Waals surface area contributed by atoms with Crippen LogP contribution in [0.3, 0.4) is 0 Å². The largest absolute Gasteiger partial charge is 0.352 e. The van der Waals surface area contributed by atoms with Crippen LogP contribution in [0.4, 0.5) is 10.9 Å². The first-order chi connectivity index (χ1) is 13.3. The molecule has 1 aliphatic heterocycles. The van der Waals surface area contributed by atoms with E-state index in [2.05, 4.69) is 43.3 Å². The average Bonchev–Trinajstić information content (AvgIpc) is 3.34. The van der Waals surface area contributed by atoms with E-state index in [4.69, 9.17) is 4.98 Å². The molecule has 1 saturated heterocycles. The first-order valence-corrected chi connectivity index (χ1v) is 9.80. The standard InChI is InChI=1S/C19H19N7S/c1-14-8-9-26(23-14)18-7-6-17(21-22-18)24-10-12-25(13-11-24)19-20-15-4-2-3-5-16(15)27-19/h2-9H,10-13H2,1H3. The van der Waals surface area contributed by atoms with E-state index in [1.54, 1.807) is 16.0 Å². The van der Waals surface area contributed by atoms with Gasteiger partial charge >= 0.3 is 0 Å². The molecular formula is C19H19N7S. The molecule has 4 heterocycles. The summed E-state index contributed by atoms with van der Waals surface area (Å²) in [6.45, 7) is 5.64. The van der Waals surface area contributed by atoms with Crippen molar-refractivity contribution in [2.75, 3.05) is 36.0 Å². The highest BCUT2D eigenvalue weighted by Gasteiger charge is 2.21. The number of para-hydroxylation sites is 1. The van der Waals surface area contributed by atoms with Crippen molar-refractivity contribution in [3.63, 3.8) is 0 Å². The lowest BCUT2D eigenvalue weighted by molar-refractivity contribution is 0.641. The Hall–Kier alpha value is -3.00. The van der Waals surface area contributed by atoms with Crippen LogP contribution >= 0.6 is 11.3 Å². The van der Waals surface area contributed by atoms with Crippen molar-refractivity contribution < 1.29 is 0 Å². The van der Waals surface area contributed by atoms with Gasteiger partial charge in [0.2, 0.25) is 0 Å². The molecule has 0 unspecified atom stereocenters. The fourth-order valence-electron chi connectivity index (χ4n) is 3.27. The van der Waals surface area contributed by atoms with Crippen molar-refractivity contribution in [2.45, 2.75) is 6.92 Å². The quantitative estimate of drug-likeness (QED) is 0.547. The first-order valence-electron chi connectivity index (χ1n) is 8.98. The highest BCUT2D eigenvalue weighted by atomic mass is 32.1. The summed E-state index contributed by atoms with van der Waals surface area (Å²) >= 11 is 1.76. The lowest BCUT2D eigenvalue weighted by atomic mass is 10.3. The molecule has 3 aromatic heterocycles. The zero-order valence-electron chi connectivity index (χ0n) is 15.0. The topological polar surface area (TPSA) is 63.0 Å². The van der Waals surface area contributed by atoms with Crippen LogP contribution in [0.25, 0.3) is 16.0 Å². The molecule has 0 radical (unpaired) electrons. The third-order valence-corrected chi connectivity index (χ3v) is 5.85. The minimum absolute atomic E-state index is 0.736. The summed E-state index contributed by atoms with van der Waals surface area (Å²) in [5.74, 6) is 1.64. The maximum absolute atomic E-state index is 4.77. The average molecular weight is 377 g/mol. The van der Waals surface area contributed by atoms with Crippen LogP contribution in [0.1, 0.15) is 5.69 Å². The number of nitrogens with zero attached hydrogens (tertiary/aromatic N) is 7. The van der Waals surface area contributed by atoms with Gasteiger partial charge in [-0.2, -0.15) is 5.10 Å². The van der Waals surface area contributed by atoms with Gasteiger partial charge in [-0.25, -0.2) is 9.67 Å². The van der Waals surface area contributed by atoms with E-state index in [9.17, 15) is 0 Å². The number of rotatable bonds is 3. The van der Waals surface area contributed by atoms with E-state index in [1.165, 1.54) is 4.70 Å². The van der Waals surface area contributed by atoms with Gasteiger partial charge in [-0.05, 0) is 37.3 Å². The Morgan fingerprint density at radius 3 is 2.30 bits per heavy atom. The molecule has 8 heteroatoms. The number of benzene rings is 1. The number of piperazine rings is 1. The van der Waals surface area contributed by atoms with Gasteiger partial charge in [-0.15, -0.1) is 10.2 Å². The van der Waals surface area contributed by atoms with Gasteiger partial charge in [0.05, 0.1) is 15.9 Å². The number of anilines is 2. The molecular weight excluding hydrogens is 358 g/mol. The summed E-state index contributed by atoms with van der Waals surface area (Å²) in [7, 11) is 0. The molecule has 0 amide bonds. The van der Waals surface area contributed by atoms with E-state index in [1.807, 2.05) is 37.4 Å². The van der Waals surface area contributed by atoms with Crippen LogP contribution in [0.5, 0.6) is 0 Å². The summed E-state index contributed by atoms with van der Waals surface area (Å²) in [6.07, 6.45) is 1.90. The summed E-state index contributed by atoms with van der Waals surface area (Å²) in [6, 6.07) is 14.2. The molecule has 27 heavy (non-hydrogen) atoms. The Labute approximate surface area is 160 Å². The van der Waals surface area contributed by atoms with E-state index >= 15 is 0 Å². The first kappa shape index (κ1) is 16.2. The maximum atomic E-state index is 4.77. The van der Waals surface area contributed by atoms with Gasteiger partial charge in [0.25, 0.3) is 0 Å². The third kappa shape index (κ3) is 3.12. The van der Waals surface area contributed by atoms with Gasteiger partial charge in [-0.3, -0.25) is 0 Å². The van der Waals surface area contributed by atoms with Crippen molar-refractivity contribution in [2.24, 2.45) is 0 Å². The van der Waals surface area contributed by atoms with Gasteiger partial charge in [0, 0.05) is 32.4 Å². The molecule has 4 aromatic rings. The highest BCUT2D eigenvalue weighted by molar-refractivity contribution is 7.22. The molecule has 1 aromatic carbocycles. The second-order valence-electron chi connectivity index (χ2n) is 6.59. The van der Waals surface area contributed by atoms with Crippen molar-refractivity contribution in [3.05, 3.63) is 54.4 Å². The Kier molecular flexibility index (Phi) is 3.97. The van der Waals surface area contributed by atoms with Gasteiger partial charge in [0.15, 0.2) is 16.8 Å². The molecule has 0 bridgehead atoms. The smallest absolute Gasteiger partial charge is 0.186 e. The van der Waals surface area contributed by atoms with Crippen molar-refractivity contribution in [3.8, 4) is 5.82 Å². The summed E-state index contributed by atoms with van der Waals surface area (Å²) in [4.78, 5) is 9.40. The second-order valence-corrected chi connectivity index (χ2v) is 7.60. The monoisotopic (exact) mass is 377 g/mol. The van der Waals surface area contributed by atoms with E-state index < -0.39 is 0 Å². The summed E-state index contributed by atoms with van der Waals surface area (Å²) < 4.78 is 2.99. The molecule has 0 N–H and O–H groups in total. The van der Waals surface area contributed by atoms with Crippen molar-refractivity contribution in [1.29, 1.82) is 0 Å². The molecule has 1 aliphatic rings. The highest BCUT2D eigenvalue weighted by Crippen LogP contribution is 2.29. The second kappa shape index (κ2) is 6.62. The molecule has 1 fully saturated rings. The Morgan fingerprint density at radius 1 is 0.852 bits per heavy atom. The summed E-state index contributed by atoms with van der Waals surface area (Å²) in [5.41, 5.74) is 2.04. The minimum atomic E-state index is 0.736. The maximum Gasteiger partial charge on any atom is 0.186 e. The number of fused-ring (bicyclic) bond motifs is 1. The predicted molar refractivity (Wildman–Crippen MR) is 108 cm³/mol. The Morgan fingerprint density at radius 2 is 1.59 bits per heavy atom. The molecule has 0 atom stereocenters. The molecule has 5 rings (SSSR count). The molecule has 0 spiro atoms. The van der Waals surface area contributed by atoms with Crippen LogP contribution in [0.15, 0.2) is 48.7 Å². The Balaban J connectivity index is 1.27. The third-order valence-electron chi connectivity index (χ3n) is 4.75. The van der Waals surface area contributed by atoms with Crippen molar-refractivity contribution in [1.82, 2.24) is 25.0 Å². The molecule has 0 saturated carbocycles. The van der Waals surface area contributed by atoms with Crippen LogP contribution in [0.2, 0.25) is 0 Å². The van der Waals surface area contributed by atoms with Gasteiger partial charge in [0.1, 0.15) is 0 Å². The zero-order chi connectivity index (χ0) is 18.2. The van der Waals surface area contributed by atoms with E-state index in [-0.39, 0.29) is 0 Å². The predicted octanol–water partition coefficient (Wildman–Crippen LogP) is 2.91. The van der Waals surface area contributed by atoms with E-state index in [0.29, 0.717) is 0 Å². The fourth-order valence-corrected chi connectivity index (χ4v) is 4.29. The van der Waals surface area contributed by atoms with E-state index in [0.717, 1.165) is 54.2 Å². The zero-order valence-corrected chi connectivity index (χ0v) is 15.8. The van der Waals surface area contributed by atoms with Gasteiger partial charge in [-0.1, -0.05) is 23.5 Å². The van der Waals surface area contributed by atoms with Crippen LogP contribution in [-0.2, 0) is 0 Å². The van der Waals surface area contributed by atoms with Crippen LogP contribution in [0, 0.1) is 6.92 Å². The lowest BCUT2D eigenvalue weighted by Gasteiger charge is -2.34. The van der Waals surface area contributed by atoms with Crippen LogP contribution in [-0.4, -0.2) is 51.1 Å². The fraction of sp³-hybridized carbons (Fsp3) is 0.263. The number of aryl methyl sites for hydroxylation is 1. The summed E-state index contributed by atoms with van der Waals surface area (Å²) in [5, 5.41) is 14.2. The molecule has 0 aliphatic carbocycles. The number of hydrogen-bond acceptors (Lipinski definition) is 7. The normalized spacial score (nSPS) is 14.9. The molecule has 7 nitrogen and oxygen atoms in total. The Bertz CT molecular complexity index is 1030. The van der Waals surface area contributed by atoms with Crippen LogP contribution < -0.4 is 9.80 Å². The number of thiazole rings is 1. The van der Waals surface area contributed by atoms with Crippen molar-refractivity contribution >= 4 is 32.5 Å². The van der Waals surface area contributed by atoms with Gasteiger partial charge < -0.3 is 9.80 Å². The minimum Gasteiger partial charge on any atom is -0.352 e. The SMILES string of the molecule is Cc1ccn(-c2ccc(N3CCN(c4nc5ccccc5s4)CC3)nn2)n1. The lowest BCUT2D eigenvalue weighted by Crippen LogP contribution is -2.46. The number of aromatic nitrogens is 5.